The first-order chi connectivity index (χ1) is 16.1. The summed E-state index contributed by atoms with van der Waals surface area (Å²) < 4.78 is 57.9. The molecular weight excluding hydrogens is 604 g/mol. The van der Waals surface area contributed by atoms with Gasteiger partial charge in [0.25, 0.3) is 20.0 Å². The van der Waals surface area contributed by atoms with Gasteiger partial charge in [-0.25, -0.2) is 16.8 Å². The monoisotopic (exact) mass is 626 g/mol. The maximum absolute atomic E-state index is 13.9. The van der Waals surface area contributed by atoms with E-state index in [0.717, 1.165) is 11.1 Å². The van der Waals surface area contributed by atoms with Crippen LogP contribution in [-0.4, -0.2) is 39.6 Å². The van der Waals surface area contributed by atoms with Crippen LogP contribution in [-0.2, 0) is 20.0 Å². The lowest BCUT2D eigenvalue weighted by atomic mass is 10.2. The number of alkyl halides is 2. The number of aryl methyl sites for hydroxylation is 2. The average molecular weight is 628 g/mol. The number of rotatable bonds is 5. The van der Waals surface area contributed by atoms with Gasteiger partial charge in [-0.05, 0) is 50.2 Å². The molecule has 0 aliphatic carbocycles. The molecule has 3 aromatic rings. The molecule has 1 aliphatic rings. The van der Waals surface area contributed by atoms with E-state index in [-0.39, 0.29) is 16.3 Å². The molecule has 34 heavy (non-hydrogen) atoms. The number of nitrogens with zero attached hydrogens (tertiary/aromatic N) is 2. The summed E-state index contributed by atoms with van der Waals surface area (Å²) in [7, 11) is -7.95. The predicted octanol–water partition coefficient (Wildman–Crippen LogP) is 5.23. The maximum Gasteiger partial charge on any atom is 0.264 e. The van der Waals surface area contributed by atoms with Gasteiger partial charge in [-0.3, -0.25) is 8.61 Å². The standard InChI is InChI=1S/C24H24Br2N2O4S2/c1-17-7-11-19(12-8-17)33(29,30)27-16-21(26)24(15-25)28(23-6-4-3-5-22(23)27)34(31,32)20-13-9-18(2)10-14-20/h3-14,21,24H,15-16H2,1-2H3/t21-,24-/m0/s1. The van der Waals surface area contributed by atoms with Crippen molar-refractivity contribution < 1.29 is 16.8 Å². The minimum absolute atomic E-state index is 0.0589. The molecule has 0 amide bonds. The zero-order valence-corrected chi connectivity index (χ0v) is 23.4. The van der Waals surface area contributed by atoms with Gasteiger partial charge in [-0.2, -0.15) is 0 Å². The summed E-state index contributed by atoms with van der Waals surface area (Å²) in [4.78, 5) is -0.189. The van der Waals surface area contributed by atoms with Crippen molar-refractivity contribution in [1.29, 1.82) is 0 Å². The Bertz CT molecular complexity index is 1390. The Morgan fingerprint density at radius 2 is 1.24 bits per heavy atom. The molecule has 0 bridgehead atoms. The summed E-state index contributed by atoms with van der Waals surface area (Å²) in [6, 6.07) is 19.4. The molecule has 0 spiro atoms. The van der Waals surface area contributed by atoms with Crippen molar-refractivity contribution in [3.63, 3.8) is 0 Å². The third-order valence-electron chi connectivity index (χ3n) is 5.79. The van der Waals surface area contributed by atoms with E-state index in [9.17, 15) is 16.8 Å². The molecule has 0 unspecified atom stereocenters. The second kappa shape index (κ2) is 9.64. The van der Waals surface area contributed by atoms with Gasteiger partial charge in [-0.1, -0.05) is 79.4 Å². The van der Waals surface area contributed by atoms with Crippen LogP contribution in [0.1, 0.15) is 11.1 Å². The fraction of sp³-hybridized carbons (Fsp3) is 0.250. The van der Waals surface area contributed by atoms with Gasteiger partial charge in [0.05, 0.1) is 32.0 Å². The second-order valence-electron chi connectivity index (χ2n) is 8.19. The normalized spacial score (nSPS) is 18.9. The van der Waals surface area contributed by atoms with E-state index in [2.05, 4.69) is 31.9 Å². The van der Waals surface area contributed by atoms with E-state index < -0.39 is 30.9 Å². The van der Waals surface area contributed by atoms with Gasteiger partial charge < -0.3 is 0 Å². The maximum atomic E-state index is 13.9. The highest BCUT2D eigenvalue weighted by Crippen LogP contribution is 2.42. The third kappa shape index (κ3) is 4.53. The first kappa shape index (κ1) is 25.2. The Hall–Kier alpha value is -1.88. The minimum atomic E-state index is -4.00. The highest BCUT2D eigenvalue weighted by molar-refractivity contribution is 9.10. The van der Waals surface area contributed by atoms with E-state index in [1.54, 1.807) is 72.8 Å². The van der Waals surface area contributed by atoms with E-state index in [1.165, 1.54) is 8.61 Å². The van der Waals surface area contributed by atoms with Gasteiger partial charge in [0.2, 0.25) is 0 Å². The van der Waals surface area contributed by atoms with Crippen LogP contribution >= 0.6 is 31.9 Å². The molecule has 0 saturated heterocycles. The Labute approximate surface area is 218 Å². The van der Waals surface area contributed by atoms with Crippen LogP contribution in [0.5, 0.6) is 0 Å². The van der Waals surface area contributed by atoms with Gasteiger partial charge in [0.1, 0.15) is 0 Å². The number of anilines is 2. The molecule has 180 valence electrons. The molecule has 3 aromatic carbocycles. The van der Waals surface area contributed by atoms with Crippen LogP contribution in [0.15, 0.2) is 82.6 Å². The molecule has 1 aliphatic heterocycles. The smallest absolute Gasteiger partial charge is 0.263 e. The third-order valence-corrected chi connectivity index (χ3v) is 11.0. The summed E-state index contributed by atoms with van der Waals surface area (Å²) in [5, 5.41) is 0.306. The Kier molecular flexibility index (Phi) is 7.15. The number of hydrogen-bond donors (Lipinski definition) is 0. The van der Waals surface area contributed by atoms with Gasteiger partial charge >= 0.3 is 0 Å². The zero-order chi connectivity index (χ0) is 24.7. The van der Waals surface area contributed by atoms with Gasteiger partial charge in [0, 0.05) is 11.9 Å². The van der Waals surface area contributed by atoms with E-state index >= 15 is 0 Å². The lowest BCUT2D eigenvalue weighted by molar-refractivity contribution is 0.579. The fourth-order valence-corrected chi connectivity index (χ4v) is 9.62. The molecule has 4 rings (SSSR count). The summed E-state index contributed by atoms with van der Waals surface area (Å²) in [6.07, 6.45) is 0. The lowest BCUT2D eigenvalue weighted by Crippen LogP contribution is -2.47. The highest BCUT2D eigenvalue weighted by Gasteiger charge is 2.43. The van der Waals surface area contributed by atoms with Crippen molar-refractivity contribution in [2.45, 2.75) is 34.5 Å². The molecular formula is C24H24Br2N2O4S2. The molecule has 2 atom stereocenters. The van der Waals surface area contributed by atoms with Crippen molar-refractivity contribution in [3.8, 4) is 0 Å². The van der Waals surface area contributed by atoms with Crippen LogP contribution in [0, 0.1) is 13.8 Å². The molecule has 10 heteroatoms. The quantitative estimate of drug-likeness (QED) is 0.363. The Morgan fingerprint density at radius 3 is 1.74 bits per heavy atom. The summed E-state index contributed by atoms with van der Waals surface area (Å²) in [5.41, 5.74) is 2.51. The first-order valence-electron chi connectivity index (χ1n) is 10.6. The Morgan fingerprint density at radius 1 is 0.765 bits per heavy atom. The van der Waals surface area contributed by atoms with Crippen LogP contribution in [0.3, 0.4) is 0 Å². The molecule has 0 N–H and O–H groups in total. The van der Waals surface area contributed by atoms with Crippen molar-refractivity contribution in [2.75, 3.05) is 20.5 Å². The number of fused-ring (bicyclic) bond motifs is 1. The number of hydrogen-bond acceptors (Lipinski definition) is 4. The van der Waals surface area contributed by atoms with E-state index in [4.69, 9.17) is 0 Å². The summed E-state index contributed by atoms with van der Waals surface area (Å²) >= 11 is 7.09. The molecule has 0 fully saturated rings. The van der Waals surface area contributed by atoms with Crippen molar-refractivity contribution in [3.05, 3.63) is 83.9 Å². The minimum Gasteiger partial charge on any atom is -0.263 e. The first-order valence-corrected chi connectivity index (χ1v) is 15.5. The second-order valence-corrected chi connectivity index (χ2v) is 13.7. The van der Waals surface area contributed by atoms with Crippen molar-refractivity contribution in [1.82, 2.24) is 0 Å². The number of para-hydroxylation sites is 2. The summed E-state index contributed by atoms with van der Waals surface area (Å²) in [5.74, 6) is 0. The highest BCUT2D eigenvalue weighted by atomic mass is 79.9. The largest absolute Gasteiger partial charge is 0.264 e. The van der Waals surface area contributed by atoms with E-state index in [0.29, 0.717) is 16.7 Å². The molecule has 1 heterocycles. The van der Waals surface area contributed by atoms with E-state index in [1.807, 2.05) is 13.8 Å². The van der Waals surface area contributed by atoms with Gasteiger partial charge in [0.15, 0.2) is 0 Å². The molecule has 6 nitrogen and oxygen atoms in total. The lowest BCUT2D eigenvalue weighted by Gasteiger charge is -2.32. The van der Waals surface area contributed by atoms with Crippen LogP contribution in [0.4, 0.5) is 11.4 Å². The zero-order valence-electron chi connectivity index (χ0n) is 18.6. The summed E-state index contributed by atoms with van der Waals surface area (Å²) in [6.45, 7) is 3.84. The van der Waals surface area contributed by atoms with Crippen molar-refractivity contribution >= 4 is 63.3 Å². The van der Waals surface area contributed by atoms with Gasteiger partial charge in [-0.15, -0.1) is 0 Å². The predicted molar refractivity (Wildman–Crippen MR) is 143 cm³/mol. The number of sulfonamides is 2. The van der Waals surface area contributed by atoms with Crippen LogP contribution in [0.25, 0.3) is 0 Å². The fourth-order valence-electron chi connectivity index (χ4n) is 3.92. The molecule has 0 saturated carbocycles. The Balaban J connectivity index is 1.93. The average Bonchev–Trinajstić information content (AvgIpc) is 2.94. The van der Waals surface area contributed by atoms with Crippen molar-refractivity contribution in [2.24, 2.45) is 0 Å². The molecule has 0 radical (unpaired) electrons. The van der Waals surface area contributed by atoms with Crippen LogP contribution in [0.2, 0.25) is 0 Å². The number of benzene rings is 3. The molecule has 0 aromatic heterocycles. The topological polar surface area (TPSA) is 74.8 Å². The van der Waals surface area contributed by atoms with Crippen LogP contribution < -0.4 is 8.61 Å². The number of halogens is 2. The SMILES string of the molecule is Cc1ccc(S(=O)(=O)N2C[C@H](Br)[C@H](CBr)N(S(=O)(=O)c3ccc(C)cc3)c3ccccc32)cc1.